The van der Waals surface area contributed by atoms with Crippen LogP contribution in [0.5, 0.6) is 5.75 Å². The Morgan fingerprint density at radius 1 is 1.36 bits per heavy atom. The molecule has 116 valence electrons. The molecule has 0 radical (unpaired) electrons. The van der Waals surface area contributed by atoms with Crippen LogP contribution in [0.3, 0.4) is 0 Å². The smallest absolute Gasteiger partial charge is 0.165 e. The average molecular weight is 296 g/mol. The molecular formula is C20H24O2. The monoisotopic (exact) mass is 296 g/mol. The van der Waals surface area contributed by atoms with Crippen LogP contribution in [-0.4, -0.2) is 10.9 Å². The van der Waals surface area contributed by atoms with Gasteiger partial charge in [0.15, 0.2) is 5.78 Å². The number of allylic oxidation sites excluding steroid dienone is 2. The summed E-state index contributed by atoms with van der Waals surface area (Å²) in [6, 6.07) is 5.54. The van der Waals surface area contributed by atoms with Crippen molar-refractivity contribution in [3.05, 3.63) is 47.6 Å². The summed E-state index contributed by atoms with van der Waals surface area (Å²) in [4.78, 5) is 12.9. The largest absolute Gasteiger partial charge is 0.508 e. The van der Waals surface area contributed by atoms with E-state index in [0.29, 0.717) is 18.1 Å². The van der Waals surface area contributed by atoms with Crippen molar-refractivity contribution < 1.29 is 9.90 Å². The van der Waals surface area contributed by atoms with Crippen LogP contribution in [0.15, 0.2) is 36.4 Å². The minimum Gasteiger partial charge on any atom is -0.508 e. The molecule has 0 aromatic heterocycles. The second-order valence-electron chi connectivity index (χ2n) is 7.45. The Balaban J connectivity index is 2.02. The molecule has 3 rings (SSSR count). The number of fused-ring (bicyclic) bond motifs is 2. The van der Waals surface area contributed by atoms with E-state index in [-0.39, 0.29) is 16.6 Å². The minimum atomic E-state index is -0.218. The maximum Gasteiger partial charge on any atom is 0.165 e. The Bertz CT molecular complexity index is 681. The summed E-state index contributed by atoms with van der Waals surface area (Å²) in [5, 5.41) is 9.87. The fraction of sp³-hybridized carbons (Fsp3) is 0.450. The number of hydrogen-bond acceptors (Lipinski definition) is 2. The first-order valence-corrected chi connectivity index (χ1v) is 8.00. The molecule has 0 spiro atoms. The van der Waals surface area contributed by atoms with Crippen LogP contribution in [0.1, 0.15) is 44.7 Å². The van der Waals surface area contributed by atoms with E-state index in [1.54, 1.807) is 12.1 Å². The van der Waals surface area contributed by atoms with Gasteiger partial charge >= 0.3 is 0 Å². The molecule has 2 aliphatic rings. The summed E-state index contributed by atoms with van der Waals surface area (Å²) in [7, 11) is 0. The molecule has 2 atom stereocenters. The number of phenolic OH excluding ortho intramolecular Hbond substituents is 1. The van der Waals surface area contributed by atoms with E-state index < -0.39 is 0 Å². The number of benzene rings is 1. The number of carbonyl (C=O) groups excluding carboxylic acids is 1. The summed E-state index contributed by atoms with van der Waals surface area (Å²) in [6.07, 6.45) is 6.53. The van der Waals surface area contributed by atoms with E-state index >= 15 is 0 Å². The molecule has 2 heteroatoms. The zero-order valence-electron chi connectivity index (χ0n) is 13.6. The Morgan fingerprint density at radius 2 is 2.09 bits per heavy atom. The third kappa shape index (κ3) is 1.89. The van der Waals surface area contributed by atoms with E-state index in [4.69, 9.17) is 0 Å². The minimum absolute atomic E-state index is 0.0385. The van der Waals surface area contributed by atoms with E-state index in [0.717, 1.165) is 29.5 Å². The predicted octanol–water partition coefficient (Wildman–Crippen LogP) is 4.53. The lowest BCUT2D eigenvalue weighted by Crippen LogP contribution is -2.32. The van der Waals surface area contributed by atoms with Gasteiger partial charge in [0.2, 0.25) is 0 Å². The zero-order valence-corrected chi connectivity index (χ0v) is 13.6. The average Bonchev–Trinajstić information content (AvgIpc) is 2.77. The maximum absolute atomic E-state index is 12.9. The Kier molecular flexibility index (Phi) is 3.32. The van der Waals surface area contributed by atoms with Crippen LogP contribution >= 0.6 is 0 Å². The molecular weight excluding hydrogens is 272 g/mol. The fourth-order valence-corrected chi connectivity index (χ4v) is 4.29. The topological polar surface area (TPSA) is 37.3 Å². The van der Waals surface area contributed by atoms with E-state index in [9.17, 15) is 9.90 Å². The van der Waals surface area contributed by atoms with Gasteiger partial charge in [0, 0.05) is 5.41 Å². The molecule has 0 amide bonds. The zero-order chi connectivity index (χ0) is 16.1. The van der Waals surface area contributed by atoms with Gasteiger partial charge in [-0.05, 0) is 65.5 Å². The number of phenols is 1. The van der Waals surface area contributed by atoms with Crippen LogP contribution in [0.25, 0.3) is 6.08 Å². The van der Waals surface area contributed by atoms with Gasteiger partial charge in [-0.1, -0.05) is 32.9 Å². The highest BCUT2D eigenvalue weighted by Crippen LogP contribution is 2.65. The second kappa shape index (κ2) is 4.84. The molecule has 2 aliphatic carbocycles. The quantitative estimate of drug-likeness (QED) is 0.657. The molecule has 2 unspecified atom stereocenters. The van der Waals surface area contributed by atoms with Gasteiger partial charge in [-0.3, -0.25) is 4.79 Å². The van der Waals surface area contributed by atoms with Gasteiger partial charge < -0.3 is 5.11 Å². The molecule has 2 nitrogen and oxygen atoms in total. The summed E-state index contributed by atoms with van der Waals surface area (Å²) < 4.78 is 0. The van der Waals surface area contributed by atoms with Crippen molar-refractivity contribution >= 4 is 11.9 Å². The maximum atomic E-state index is 12.9. The van der Waals surface area contributed by atoms with Crippen LogP contribution < -0.4 is 0 Å². The first-order chi connectivity index (χ1) is 10.3. The SMILES string of the molecule is C=CCc1cc(C=C2C(=O)C3(C)CCC2C3(C)C)ccc1O. The summed E-state index contributed by atoms with van der Waals surface area (Å²) in [5.41, 5.74) is 2.63. The molecule has 0 saturated heterocycles. The first-order valence-electron chi connectivity index (χ1n) is 8.00. The van der Waals surface area contributed by atoms with Crippen molar-refractivity contribution in [2.75, 3.05) is 0 Å². The van der Waals surface area contributed by atoms with Crippen molar-refractivity contribution in [2.24, 2.45) is 16.7 Å². The predicted molar refractivity (Wildman–Crippen MR) is 89.6 cm³/mol. The van der Waals surface area contributed by atoms with Gasteiger partial charge in [-0.25, -0.2) is 0 Å². The lowest BCUT2D eigenvalue weighted by molar-refractivity contribution is -0.125. The van der Waals surface area contributed by atoms with Crippen LogP contribution in [0, 0.1) is 16.7 Å². The molecule has 1 aromatic rings. The first kappa shape index (κ1) is 15.1. The molecule has 1 aromatic carbocycles. The lowest BCUT2D eigenvalue weighted by atomic mass is 9.70. The van der Waals surface area contributed by atoms with Crippen LogP contribution in [-0.2, 0) is 11.2 Å². The normalized spacial score (nSPS) is 31.0. The highest BCUT2D eigenvalue weighted by Gasteiger charge is 2.63. The molecule has 0 aliphatic heterocycles. The lowest BCUT2D eigenvalue weighted by Gasteiger charge is -2.31. The number of Topliss-reactive ketones (excluding diaryl/α,β-unsaturated/α-hetero) is 1. The van der Waals surface area contributed by atoms with E-state index in [2.05, 4.69) is 27.4 Å². The number of aromatic hydroxyl groups is 1. The molecule has 22 heavy (non-hydrogen) atoms. The third-order valence-electron chi connectivity index (χ3n) is 6.16. The van der Waals surface area contributed by atoms with E-state index in [1.807, 2.05) is 18.2 Å². The van der Waals surface area contributed by atoms with Crippen molar-refractivity contribution in [1.29, 1.82) is 0 Å². The Morgan fingerprint density at radius 3 is 2.68 bits per heavy atom. The van der Waals surface area contributed by atoms with Gasteiger partial charge in [-0.15, -0.1) is 6.58 Å². The van der Waals surface area contributed by atoms with Gasteiger partial charge in [-0.2, -0.15) is 0 Å². The number of hydrogen-bond donors (Lipinski definition) is 1. The van der Waals surface area contributed by atoms with Gasteiger partial charge in [0.05, 0.1) is 0 Å². The summed E-state index contributed by atoms with van der Waals surface area (Å²) in [5.74, 6) is 0.947. The standard InChI is InChI=1S/C20H24O2/c1-5-6-14-11-13(7-8-17(14)21)12-15-16-9-10-20(4,18(15)22)19(16,2)3/h5,7-8,11-12,16,21H,1,6,9-10H2,2-4H3. The molecule has 2 fully saturated rings. The van der Waals surface area contributed by atoms with Crippen LogP contribution in [0.4, 0.5) is 0 Å². The highest BCUT2D eigenvalue weighted by molar-refractivity contribution is 6.07. The Hall–Kier alpha value is -1.83. The van der Waals surface area contributed by atoms with Gasteiger partial charge in [0.25, 0.3) is 0 Å². The highest BCUT2D eigenvalue weighted by atomic mass is 16.3. The fourth-order valence-electron chi connectivity index (χ4n) is 4.29. The number of ketones is 1. The molecule has 2 saturated carbocycles. The Labute approximate surface area is 132 Å². The van der Waals surface area contributed by atoms with Crippen molar-refractivity contribution in [2.45, 2.75) is 40.0 Å². The van der Waals surface area contributed by atoms with Crippen molar-refractivity contribution in [3.63, 3.8) is 0 Å². The summed E-state index contributed by atoms with van der Waals surface area (Å²) >= 11 is 0. The molecule has 1 N–H and O–H groups in total. The van der Waals surface area contributed by atoms with Crippen molar-refractivity contribution in [1.82, 2.24) is 0 Å². The second-order valence-corrected chi connectivity index (χ2v) is 7.45. The summed E-state index contributed by atoms with van der Waals surface area (Å²) in [6.45, 7) is 10.3. The molecule has 2 bridgehead atoms. The number of rotatable bonds is 3. The van der Waals surface area contributed by atoms with Crippen LogP contribution in [0.2, 0.25) is 0 Å². The van der Waals surface area contributed by atoms with E-state index in [1.165, 1.54) is 0 Å². The third-order valence-corrected chi connectivity index (χ3v) is 6.16. The van der Waals surface area contributed by atoms with Gasteiger partial charge in [0.1, 0.15) is 5.75 Å². The molecule has 0 heterocycles. The number of carbonyl (C=O) groups is 1. The van der Waals surface area contributed by atoms with Crippen molar-refractivity contribution in [3.8, 4) is 5.75 Å².